The van der Waals surface area contributed by atoms with E-state index in [1.165, 1.54) is 0 Å². The molecular weight excluding hydrogens is 278 g/mol. The topological polar surface area (TPSA) is 76.3 Å². The minimum Gasteiger partial charge on any atom is -0.338 e. The quantitative estimate of drug-likeness (QED) is 0.784. The van der Waals surface area contributed by atoms with Gasteiger partial charge in [-0.05, 0) is 25.3 Å². The molecule has 0 N–H and O–H groups in total. The number of hydrogen-bond donors (Lipinski definition) is 0. The van der Waals surface area contributed by atoms with Crippen molar-refractivity contribution in [2.45, 2.75) is 33.2 Å². The van der Waals surface area contributed by atoms with Crippen LogP contribution in [0.15, 0.2) is 4.52 Å². The summed E-state index contributed by atoms with van der Waals surface area (Å²) in [6.45, 7) is 5.55. The SMILES string of the molecule is CC(C)Cc1noc(CN(C)CC2CCS(=O)(=O)C2)n1. The molecule has 1 saturated heterocycles. The van der Waals surface area contributed by atoms with Crippen LogP contribution in [0.25, 0.3) is 0 Å². The van der Waals surface area contributed by atoms with Gasteiger partial charge >= 0.3 is 0 Å². The third kappa shape index (κ3) is 4.56. The summed E-state index contributed by atoms with van der Waals surface area (Å²) in [4.78, 5) is 6.41. The number of rotatable bonds is 6. The highest BCUT2D eigenvalue weighted by Crippen LogP contribution is 2.19. The van der Waals surface area contributed by atoms with E-state index in [-0.39, 0.29) is 5.92 Å². The zero-order chi connectivity index (χ0) is 14.8. The largest absolute Gasteiger partial charge is 0.338 e. The molecule has 2 rings (SSSR count). The molecule has 20 heavy (non-hydrogen) atoms. The van der Waals surface area contributed by atoms with Gasteiger partial charge in [0.25, 0.3) is 0 Å². The summed E-state index contributed by atoms with van der Waals surface area (Å²) in [7, 11) is -0.846. The van der Waals surface area contributed by atoms with Crippen molar-refractivity contribution < 1.29 is 12.9 Å². The molecule has 1 aliphatic heterocycles. The second kappa shape index (κ2) is 6.22. The van der Waals surface area contributed by atoms with Crippen LogP contribution < -0.4 is 0 Å². The maximum atomic E-state index is 11.4. The van der Waals surface area contributed by atoms with Gasteiger partial charge in [0.1, 0.15) is 0 Å². The summed E-state index contributed by atoms with van der Waals surface area (Å²) in [5.74, 6) is 2.70. The van der Waals surface area contributed by atoms with Crippen LogP contribution in [0.5, 0.6) is 0 Å². The van der Waals surface area contributed by atoms with E-state index in [0.717, 1.165) is 25.2 Å². The fourth-order valence-corrected chi connectivity index (χ4v) is 4.40. The Labute approximate surface area is 120 Å². The van der Waals surface area contributed by atoms with Gasteiger partial charge in [0.15, 0.2) is 15.7 Å². The molecule has 114 valence electrons. The second-order valence-electron chi connectivity index (χ2n) is 6.17. The zero-order valence-corrected chi connectivity index (χ0v) is 13.2. The number of nitrogens with zero attached hydrogens (tertiary/aromatic N) is 3. The van der Waals surface area contributed by atoms with Gasteiger partial charge in [-0.15, -0.1) is 0 Å². The molecule has 1 atom stereocenters. The third-order valence-corrected chi connectivity index (χ3v) is 5.24. The molecule has 1 unspecified atom stereocenters. The lowest BCUT2D eigenvalue weighted by Gasteiger charge is -2.17. The first-order valence-corrected chi connectivity index (χ1v) is 8.86. The van der Waals surface area contributed by atoms with Crippen molar-refractivity contribution in [1.82, 2.24) is 15.0 Å². The predicted molar refractivity (Wildman–Crippen MR) is 75.9 cm³/mol. The van der Waals surface area contributed by atoms with Gasteiger partial charge < -0.3 is 4.52 Å². The average molecular weight is 301 g/mol. The highest BCUT2D eigenvalue weighted by atomic mass is 32.2. The van der Waals surface area contributed by atoms with Gasteiger partial charge in [0.05, 0.1) is 18.1 Å². The van der Waals surface area contributed by atoms with E-state index in [1.807, 2.05) is 7.05 Å². The average Bonchev–Trinajstić information content (AvgIpc) is 2.85. The van der Waals surface area contributed by atoms with Crippen LogP contribution in [0.3, 0.4) is 0 Å². The normalized spacial score (nSPS) is 21.9. The molecule has 7 heteroatoms. The zero-order valence-electron chi connectivity index (χ0n) is 12.4. The van der Waals surface area contributed by atoms with Crippen LogP contribution in [0, 0.1) is 11.8 Å². The summed E-state index contributed by atoms with van der Waals surface area (Å²) >= 11 is 0. The van der Waals surface area contributed by atoms with Gasteiger partial charge in [-0.1, -0.05) is 19.0 Å². The van der Waals surface area contributed by atoms with E-state index in [1.54, 1.807) is 0 Å². The molecule has 6 nitrogen and oxygen atoms in total. The molecule has 2 heterocycles. The van der Waals surface area contributed by atoms with E-state index in [4.69, 9.17) is 4.52 Å². The standard InChI is InChI=1S/C13H23N3O3S/c1-10(2)6-12-14-13(19-15-12)8-16(3)7-11-4-5-20(17,18)9-11/h10-11H,4-9H2,1-3H3. The summed E-state index contributed by atoms with van der Waals surface area (Å²) in [5, 5.41) is 3.96. The molecule has 0 saturated carbocycles. The lowest BCUT2D eigenvalue weighted by Crippen LogP contribution is -2.26. The maximum Gasteiger partial charge on any atom is 0.240 e. The number of aromatic nitrogens is 2. The molecule has 0 radical (unpaired) electrons. The van der Waals surface area contributed by atoms with Crippen LogP contribution in [0.4, 0.5) is 0 Å². The van der Waals surface area contributed by atoms with Crippen molar-refractivity contribution in [1.29, 1.82) is 0 Å². The minimum absolute atomic E-state index is 0.225. The first kappa shape index (κ1) is 15.4. The van der Waals surface area contributed by atoms with Crippen LogP contribution in [-0.4, -0.2) is 48.6 Å². The van der Waals surface area contributed by atoms with Crippen molar-refractivity contribution in [3.63, 3.8) is 0 Å². The molecule has 0 aromatic carbocycles. The number of hydrogen-bond acceptors (Lipinski definition) is 6. The Kier molecular flexibility index (Phi) is 4.80. The van der Waals surface area contributed by atoms with Gasteiger partial charge in [0, 0.05) is 13.0 Å². The van der Waals surface area contributed by atoms with Crippen LogP contribution in [0.2, 0.25) is 0 Å². The Morgan fingerprint density at radius 2 is 2.20 bits per heavy atom. The second-order valence-corrected chi connectivity index (χ2v) is 8.40. The lowest BCUT2D eigenvalue weighted by molar-refractivity contribution is 0.240. The van der Waals surface area contributed by atoms with Crippen molar-refractivity contribution in [3.8, 4) is 0 Å². The Balaban J connectivity index is 1.82. The Morgan fingerprint density at radius 1 is 1.45 bits per heavy atom. The molecule has 0 spiro atoms. The molecule has 0 bridgehead atoms. The molecule has 1 aliphatic rings. The minimum atomic E-state index is -2.80. The lowest BCUT2D eigenvalue weighted by atomic mass is 10.1. The first-order chi connectivity index (χ1) is 9.34. The van der Waals surface area contributed by atoms with Crippen LogP contribution in [-0.2, 0) is 22.8 Å². The van der Waals surface area contributed by atoms with Gasteiger partial charge in [0.2, 0.25) is 5.89 Å². The predicted octanol–water partition coefficient (Wildman–Crippen LogP) is 1.13. The summed E-state index contributed by atoms with van der Waals surface area (Å²) in [5.41, 5.74) is 0. The Hall–Kier alpha value is -0.950. The molecule has 0 amide bonds. The Bertz CT molecular complexity index is 539. The van der Waals surface area contributed by atoms with E-state index < -0.39 is 9.84 Å². The molecule has 1 fully saturated rings. The first-order valence-electron chi connectivity index (χ1n) is 7.04. The third-order valence-electron chi connectivity index (χ3n) is 3.40. The summed E-state index contributed by atoms with van der Waals surface area (Å²) < 4.78 is 28.1. The van der Waals surface area contributed by atoms with Crippen LogP contribution >= 0.6 is 0 Å². The number of sulfone groups is 1. The fraction of sp³-hybridized carbons (Fsp3) is 0.846. The van der Waals surface area contributed by atoms with Crippen molar-refractivity contribution in [2.75, 3.05) is 25.1 Å². The Morgan fingerprint density at radius 3 is 2.80 bits per heavy atom. The molecule has 0 aliphatic carbocycles. The van der Waals surface area contributed by atoms with Gasteiger partial charge in [-0.2, -0.15) is 4.98 Å². The molecular formula is C13H23N3O3S. The smallest absolute Gasteiger partial charge is 0.240 e. The van der Waals surface area contributed by atoms with E-state index >= 15 is 0 Å². The van der Waals surface area contributed by atoms with Gasteiger partial charge in [-0.3, -0.25) is 4.90 Å². The van der Waals surface area contributed by atoms with E-state index in [2.05, 4.69) is 28.9 Å². The highest BCUT2D eigenvalue weighted by Gasteiger charge is 2.28. The van der Waals surface area contributed by atoms with Crippen molar-refractivity contribution in [2.24, 2.45) is 11.8 Å². The summed E-state index contributed by atoms with van der Waals surface area (Å²) in [6, 6.07) is 0. The van der Waals surface area contributed by atoms with Crippen LogP contribution in [0.1, 0.15) is 32.0 Å². The van der Waals surface area contributed by atoms with E-state index in [0.29, 0.717) is 29.9 Å². The van der Waals surface area contributed by atoms with Gasteiger partial charge in [-0.25, -0.2) is 8.42 Å². The monoisotopic (exact) mass is 301 g/mol. The fourth-order valence-electron chi connectivity index (χ4n) is 2.55. The maximum absolute atomic E-state index is 11.4. The highest BCUT2D eigenvalue weighted by molar-refractivity contribution is 7.91. The van der Waals surface area contributed by atoms with E-state index in [9.17, 15) is 8.42 Å². The molecule has 1 aromatic heterocycles. The van der Waals surface area contributed by atoms with Crippen molar-refractivity contribution in [3.05, 3.63) is 11.7 Å². The summed E-state index contributed by atoms with van der Waals surface area (Å²) in [6.07, 6.45) is 1.57. The molecule has 1 aromatic rings. The van der Waals surface area contributed by atoms with Crippen molar-refractivity contribution >= 4 is 9.84 Å².